The Balaban J connectivity index is 0.000000396. The van der Waals surface area contributed by atoms with Gasteiger partial charge in [0.15, 0.2) is 5.65 Å². The Morgan fingerprint density at radius 1 is 1.38 bits per heavy atom. The van der Waals surface area contributed by atoms with E-state index in [-0.39, 0.29) is 5.69 Å². The highest BCUT2D eigenvalue weighted by Crippen LogP contribution is 1.89. The summed E-state index contributed by atoms with van der Waals surface area (Å²) in [5, 5.41) is 3.94. The Hall–Kier alpha value is -1.65. The minimum absolute atomic E-state index is 0.173. The zero-order valence-electron chi connectivity index (χ0n) is 7.93. The molecule has 2 aromatic heterocycles. The summed E-state index contributed by atoms with van der Waals surface area (Å²) in [6.07, 6.45) is 3.05. The minimum Gasteiger partial charge on any atom is -0.246 e. The van der Waals surface area contributed by atoms with E-state index in [0.717, 1.165) is 0 Å². The van der Waals surface area contributed by atoms with Gasteiger partial charge in [0.1, 0.15) is 6.33 Å². The lowest BCUT2D eigenvalue weighted by Gasteiger charge is -1.83. The van der Waals surface area contributed by atoms with Gasteiger partial charge >= 0.3 is 5.69 Å². The van der Waals surface area contributed by atoms with Crippen LogP contribution in [0.4, 0.5) is 0 Å². The van der Waals surface area contributed by atoms with Crippen LogP contribution in [0.25, 0.3) is 5.65 Å². The molecule has 13 heavy (non-hydrogen) atoms. The van der Waals surface area contributed by atoms with Gasteiger partial charge in [0, 0.05) is 19.3 Å². The molecule has 2 heterocycles. The van der Waals surface area contributed by atoms with Gasteiger partial charge in [0.05, 0.1) is 0 Å². The maximum Gasteiger partial charge on any atom is 0.351 e. The predicted octanol–water partition coefficient (Wildman–Crippen LogP) is 0.454. The van der Waals surface area contributed by atoms with Crippen molar-refractivity contribution in [1.29, 1.82) is 0 Å². The van der Waals surface area contributed by atoms with Gasteiger partial charge in [-0.2, -0.15) is 5.10 Å². The third-order valence-electron chi connectivity index (χ3n) is 1.47. The smallest absolute Gasteiger partial charge is 0.246 e. The molecule has 0 unspecified atom stereocenters. The second-order valence-corrected chi connectivity index (χ2v) is 2.21. The fourth-order valence-corrected chi connectivity index (χ4v) is 0.936. The van der Waals surface area contributed by atoms with Gasteiger partial charge in [-0.1, -0.05) is 13.8 Å². The van der Waals surface area contributed by atoms with E-state index in [1.54, 1.807) is 19.3 Å². The second kappa shape index (κ2) is 3.84. The van der Waals surface area contributed by atoms with Crippen molar-refractivity contribution in [3.05, 3.63) is 29.1 Å². The van der Waals surface area contributed by atoms with E-state index in [0.29, 0.717) is 5.65 Å². The first-order chi connectivity index (χ1) is 6.29. The van der Waals surface area contributed by atoms with Crippen molar-refractivity contribution >= 4 is 5.65 Å². The zero-order valence-corrected chi connectivity index (χ0v) is 7.93. The van der Waals surface area contributed by atoms with Gasteiger partial charge in [-0.05, 0) is 0 Å². The number of fused-ring (bicyclic) bond motifs is 1. The summed E-state index contributed by atoms with van der Waals surface area (Å²) < 4.78 is 2.66. The Bertz CT molecular complexity index is 443. The van der Waals surface area contributed by atoms with E-state index < -0.39 is 0 Å². The molecule has 0 fully saturated rings. The van der Waals surface area contributed by atoms with Crippen molar-refractivity contribution in [3.63, 3.8) is 0 Å². The van der Waals surface area contributed by atoms with Crippen LogP contribution in [0, 0.1) is 0 Å². The van der Waals surface area contributed by atoms with Gasteiger partial charge < -0.3 is 0 Å². The average molecular weight is 180 g/mol. The normalized spacial score (nSPS) is 9.46. The monoisotopic (exact) mass is 180 g/mol. The summed E-state index contributed by atoms with van der Waals surface area (Å²) in [7, 11) is 1.61. The van der Waals surface area contributed by atoms with Gasteiger partial charge in [-0.15, -0.1) is 0 Å². The largest absolute Gasteiger partial charge is 0.351 e. The lowest BCUT2D eigenvalue weighted by molar-refractivity contribution is 0.731. The summed E-state index contributed by atoms with van der Waals surface area (Å²) in [5.41, 5.74) is 0.445. The number of aryl methyl sites for hydroxylation is 1. The van der Waals surface area contributed by atoms with E-state index in [1.807, 2.05) is 13.8 Å². The van der Waals surface area contributed by atoms with Crippen LogP contribution in [-0.2, 0) is 7.05 Å². The molecular formula is C8H12N4O. The van der Waals surface area contributed by atoms with E-state index in [9.17, 15) is 4.79 Å². The fourth-order valence-electron chi connectivity index (χ4n) is 0.936. The lowest BCUT2D eigenvalue weighted by Crippen LogP contribution is -2.17. The lowest BCUT2D eigenvalue weighted by atomic mass is 10.6. The molecule has 0 spiro atoms. The summed E-state index contributed by atoms with van der Waals surface area (Å²) in [6.45, 7) is 4.00. The Morgan fingerprint density at radius 3 is 2.69 bits per heavy atom. The molecule has 5 heteroatoms. The molecule has 0 atom stereocenters. The molecule has 2 aromatic rings. The Morgan fingerprint density at radius 2 is 2.08 bits per heavy atom. The number of nitrogens with zero attached hydrogens (tertiary/aromatic N) is 4. The van der Waals surface area contributed by atoms with E-state index in [2.05, 4.69) is 10.1 Å². The highest BCUT2D eigenvalue weighted by Gasteiger charge is 1.99. The van der Waals surface area contributed by atoms with Crippen molar-refractivity contribution in [1.82, 2.24) is 19.2 Å². The first-order valence-electron chi connectivity index (χ1n) is 4.14. The predicted molar refractivity (Wildman–Crippen MR) is 49.6 cm³/mol. The quantitative estimate of drug-likeness (QED) is 0.591. The van der Waals surface area contributed by atoms with Crippen molar-refractivity contribution in [2.45, 2.75) is 13.8 Å². The molecule has 0 saturated heterocycles. The second-order valence-electron chi connectivity index (χ2n) is 2.21. The molecule has 2 rings (SSSR count). The number of hydrogen-bond donors (Lipinski definition) is 0. The molecule has 0 N–H and O–H groups in total. The van der Waals surface area contributed by atoms with Crippen LogP contribution in [-0.4, -0.2) is 19.2 Å². The maximum atomic E-state index is 11.2. The highest BCUT2D eigenvalue weighted by molar-refractivity contribution is 5.33. The Labute approximate surface area is 75.6 Å². The first kappa shape index (κ1) is 9.44. The molecule has 0 radical (unpaired) electrons. The maximum absolute atomic E-state index is 11.2. The van der Waals surface area contributed by atoms with E-state index >= 15 is 0 Å². The van der Waals surface area contributed by atoms with Crippen LogP contribution in [0.15, 0.2) is 23.4 Å². The molecule has 5 nitrogen and oxygen atoms in total. The molecule has 0 bridgehead atoms. The molecule has 0 saturated carbocycles. The molecular weight excluding hydrogens is 168 g/mol. The van der Waals surface area contributed by atoms with Crippen LogP contribution in [0.1, 0.15) is 13.8 Å². The van der Waals surface area contributed by atoms with Crippen molar-refractivity contribution in [2.75, 3.05) is 0 Å². The average Bonchev–Trinajstić information content (AvgIpc) is 2.47. The molecule has 0 aromatic carbocycles. The summed E-state index contributed by atoms with van der Waals surface area (Å²) >= 11 is 0. The number of hydrogen-bond acceptors (Lipinski definition) is 3. The minimum atomic E-state index is -0.173. The summed E-state index contributed by atoms with van der Waals surface area (Å²) in [6, 6.07) is 1.68. The van der Waals surface area contributed by atoms with Crippen LogP contribution in [0.2, 0.25) is 0 Å². The Kier molecular flexibility index (Phi) is 2.79. The highest BCUT2D eigenvalue weighted by atomic mass is 16.2. The van der Waals surface area contributed by atoms with Crippen molar-refractivity contribution in [3.8, 4) is 0 Å². The van der Waals surface area contributed by atoms with Gasteiger partial charge in [-0.25, -0.2) is 18.9 Å². The van der Waals surface area contributed by atoms with Crippen LogP contribution < -0.4 is 5.69 Å². The number of rotatable bonds is 0. The number of aromatic nitrogens is 4. The fraction of sp³-hybridized carbons (Fsp3) is 0.375. The van der Waals surface area contributed by atoms with Gasteiger partial charge in [0.25, 0.3) is 0 Å². The van der Waals surface area contributed by atoms with Gasteiger partial charge in [-0.3, -0.25) is 0 Å². The van der Waals surface area contributed by atoms with E-state index in [1.165, 1.54) is 15.4 Å². The summed E-state index contributed by atoms with van der Waals surface area (Å²) in [5.74, 6) is 0. The van der Waals surface area contributed by atoms with Crippen LogP contribution >= 0.6 is 0 Å². The third-order valence-corrected chi connectivity index (χ3v) is 1.47. The SMILES string of the molecule is CC.Cn1nc2ccncn2c1=O. The van der Waals surface area contributed by atoms with Crippen LogP contribution in [0.3, 0.4) is 0 Å². The molecule has 70 valence electrons. The molecule has 0 aliphatic carbocycles. The third kappa shape index (κ3) is 1.58. The van der Waals surface area contributed by atoms with E-state index in [4.69, 9.17) is 0 Å². The molecule has 0 aliphatic heterocycles. The topological polar surface area (TPSA) is 52.2 Å². The standard InChI is InChI=1S/C6H6N4O.C2H6/c1-9-6(11)10-4-7-3-2-5(10)8-9;1-2/h2-4H,1H3;1-2H3. The van der Waals surface area contributed by atoms with Crippen molar-refractivity contribution in [2.24, 2.45) is 7.05 Å². The zero-order chi connectivity index (χ0) is 9.84. The van der Waals surface area contributed by atoms with Crippen molar-refractivity contribution < 1.29 is 0 Å². The van der Waals surface area contributed by atoms with Gasteiger partial charge in [0.2, 0.25) is 0 Å². The van der Waals surface area contributed by atoms with Crippen LogP contribution in [0.5, 0.6) is 0 Å². The summed E-state index contributed by atoms with van der Waals surface area (Å²) in [4.78, 5) is 14.9. The molecule has 0 aliphatic rings. The molecule has 0 amide bonds. The first-order valence-corrected chi connectivity index (χ1v) is 4.14.